The van der Waals surface area contributed by atoms with Crippen molar-refractivity contribution >= 4 is 41.1 Å². The zero-order valence-corrected chi connectivity index (χ0v) is 26.8. The summed E-state index contributed by atoms with van der Waals surface area (Å²) in [5.41, 5.74) is -2.51. The summed E-state index contributed by atoms with van der Waals surface area (Å²) in [4.78, 5) is 67.6. The largest absolute Gasteiger partial charge is 0.474 e. The third-order valence-corrected chi connectivity index (χ3v) is 8.69. The van der Waals surface area contributed by atoms with Gasteiger partial charge in [0.1, 0.15) is 16.8 Å². The van der Waals surface area contributed by atoms with Crippen molar-refractivity contribution < 1.29 is 28.7 Å². The van der Waals surface area contributed by atoms with E-state index >= 15 is 0 Å². The number of ketones is 1. The van der Waals surface area contributed by atoms with Crippen LogP contribution >= 0.6 is 11.6 Å². The highest BCUT2D eigenvalue weighted by molar-refractivity contribution is 6.32. The van der Waals surface area contributed by atoms with Crippen molar-refractivity contribution in [3.05, 3.63) is 52.2 Å². The number of aryl methyl sites for hydroxylation is 2. The fourth-order valence-electron chi connectivity index (χ4n) is 5.79. The molecule has 1 aliphatic carbocycles. The van der Waals surface area contributed by atoms with Crippen LogP contribution < -0.4 is 20.7 Å². The molecule has 10 nitrogen and oxygen atoms in total. The lowest BCUT2D eigenvalue weighted by Gasteiger charge is -2.57. The van der Waals surface area contributed by atoms with Crippen molar-refractivity contribution in [2.45, 2.75) is 104 Å². The number of nitrogens with one attached hydrogen (secondary N) is 3. The highest BCUT2D eigenvalue weighted by atomic mass is 35.5. The van der Waals surface area contributed by atoms with E-state index in [-0.39, 0.29) is 23.1 Å². The maximum absolute atomic E-state index is 13.9. The Morgan fingerprint density at radius 3 is 2.35 bits per heavy atom. The van der Waals surface area contributed by atoms with Gasteiger partial charge in [-0.25, -0.2) is 9.69 Å². The SMILES string of the molecule is CCCCC1(Oc2ccc(C)cc2C)C(=O)NC12C=CC(Cl)=C(NC(=O)C(C(=O)C(C)(C)C)N1C(=O)NC(C)(C)C1=O)C2. The van der Waals surface area contributed by atoms with Crippen LogP contribution in [0, 0.1) is 19.3 Å². The number of Topliss-reactive ketones (excluding diaryl/α,β-unsaturated/α-hetero) is 1. The highest BCUT2D eigenvalue weighted by Crippen LogP contribution is 2.48. The minimum atomic E-state index is -1.74. The van der Waals surface area contributed by atoms with E-state index in [1.54, 1.807) is 32.9 Å². The van der Waals surface area contributed by atoms with E-state index in [2.05, 4.69) is 16.0 Å². The first-order valence-electron chi connectivity index (χ1n) is 14.6. The Hall–Kier alpha value is -3.66. The molecule has 2 heterocycles. The van der Waals surface area contributed by atoms with Gasteiger partial charge < -0.3 is 20.7 Å². The number of carbonyl (C=O) groups excluding carboxylic acids is 5. The molecule has 2 aliphatic heterocycles. The molecule has 3 atom stereocenters. The molecule has 43 heavy (non-hydrogen) atoms. The summed E-state index contributed by atoms with van der Waals surface area (Å²) in [7, 11) is 0. The molecule has 1 aromatic carbocycles. The van der Waals surface area contributed by atoms with Crippen molar-refractivity contribution in [3.63, 3.8) is 0 Å². The van der Waals surface area contributed by atoms with Gasteiger partial charge in [-0.15, -0.1) is 0 Å². The zero-order valence-electron chi connectivity index (χ0n) is 26.1. The molecule has 1 spiro atoms. The summed E-state index contributed by atoms with van der Waals surface area (Å²) in [6.07, 6.45) is 5.36. The maximum atomic E-state index is 13.9. The number of β-lactam (4-membered cyclic amide) rings is 1. The molecule has 0 radical (unpaired) electrons. The van der Waals surface area contributed by atoms with Gasteiger partial charge in [-0.2, -0.15) is 0 Å². The lowest BCUT2D eigenvalue weighted by molar-refractivity contribution is -0.166. The van der Waals surface area contributed by atoms with Crippen LogP contribution in [0.25, 0.3) is 0 Å². The van der Waals surface area contributed by atoms with Crippen LogP contribution in [-0.4, -0.2) is 57.2 Å². The summed E-state index contributed by atoms with van der Waals surface area (Å²) in [5.74, 6) is -1.89. The molecular formula is C32H41ClN4O6. The summed E-state index contributed by atoms with van der Waals surface area (Å²) >= 11 is 6.59. The van der Waals surface area contributed by atoms with Crippen molar-refractivity contribution in [2.75, 3.05) is 0 Å². The molecule has 11 heteroatoms. The van der Waals surface area contributed by atoms with Gasteiger partial charge in [-0.05, 0) is 58.2 Å². The van der Waals surface area contributed by atoms with Crippen LogP contribution in [0.4, 0.5) is 4.79 Å². The minimum absolute atomic E-state index is 0.0521. The Morgan fingerprint density at radius 1 is 1.14 bits per heavy atom. The van der Waals surface area contributed by atoms with E-state index < -0.39 is 51.8 Å². The standard InChI is InChI=1S/C32H41ClN4O6/c1-9-10-14-32(43-22-12-11-18(2)16-19(22)3)26(40)35-31(32)15-13-20(33)21(17-31)34-25(39)23(24(38)29(4,5)6)37-27(41)30(7,8)36-28(37)42/h11-13,15-16,23H,9-10,14,17H2,1-8H3,(H,34,39)(H,35,40)(H,36,42). The lowest BCUT2D eigenvalue weighted by Crippen LogP contribution is -2.83. The number of rotatable bonds is 9. The fraction of sp³-hybridized carbons (Fsp3) is 0.531. The van der Waals surface area contributed by atoms with Gasteiger partial charge in [0.2, 0.25) is 5.60 Å². The normalized spacial score (nSPS) is 25.3. The van der Waals surface area contributed by atoms with Crippen molar-refractivity contribution in [3.8, 4) is 5.75 Å². The summed E-state index contributed by atoms with van der Waals surface area (Å²) in [6.45, 7) is 13.8. The zero-order chi connectivity index (χ0) is 32.1. The molecule has 2 saturated heterocycles. The quantitative estimate of drug-likeness (QED) is 0.216. The first kappa shape index (κ1) is 32.3. The number of ether oxygens (including phenoxy) is 1. The van der Waals surface area contributed by atoms with E-state index in [4.69, 9.17) is 16.3 Å². The number of nitrogens with zero attached hydrogens (tertiary/aromatic N) is 1. The molecule has 5 amide bonds. The third-order valence-electron chi connectivity index (χ3n) is 8.34. The highest BCUT2D eigenvalue weighted by Gasteiger charge is 2.67. The van der Waals surface area contributed by atoms with Crippen molar-refractivity contribution in [2.24, 2.45) is 5.41 Å². The minimum Gasteiger partial charge on any atom is -0.474 e. The number of benzene rings is 1. The average Bonchev–Trinajstić information content (AvgIpc) is 3.10. The summed E-state index contributed by atoms with van der Waals surface area (Å²) < 4.78 is 6.58. The maximum Gasteiger partial charge on any atom is 0.326 e. The van der Waals surface area contributed by atoms with Crippen LogP contribution in [0.2, 0.25) is 0 Å². The second-order valence-corrected chi connectivity index (χ2v) is 13.7. The predicted molar refractivity (Wildman–Crippen MR) is 162 cm³/mol. The van der Waals surface area contributed by atoms with Gasteiger partial charge in [0.15, 0.2) is 11.8 Å². The molecule has 3 unspecified atom stereocenters. The number of hydrogen-bond acceptors (Lipinski definition) is 6. The third kappa shape index (κ3) is 5.57. The van der Waals surface area contributed by atoms with E-state index in [0.717, 1.165) is 17.5 Å². The lowest BCUT2D eigenvalue weighted by atomic mass is 9.64. The molecule has 0 aromatic heterocycles. The summed E-state index contributed by atoms with van der Waals surface area (Å²) in [5, 5.41) is 8.46. The van der Waals surface area contributed by atoms with E-state index in [1.165, 1.54) is 13.8 Å². The average molecular weight is 613 g/mol. The van der Waals surface area contributed by atoms with Crippen LogP contribution in [0.3, 0.4) is 0 Å². The Kier molecular flexibility index (Phi) is 8.34. The second-order valence-electron chi connectivity index (χ2n) is 13.3. The molecule has 1 aromatic rings. The number of imide groups is 1. The number of amides is 5. The number of halogens is 1. The molecule has 0 saturated carbocycles. The number of unbranched alkanes of at least 4 members (excludes halogenated alkanes) is 1. The monoisotopic (exact) mass is 612 g/mol. The smallest absolute Gasteiger partial charge is 0.326 e. The molecule has 3 aliphatic rings. The van der Waals surface area contributed by atoms with Gasteiger partial charge in [0.05, 0.1) is 5.03 Å². The molecule has 0 bridgehead atoms. The number of carbonyl (C=O) groups is 5. The van der Waals surface area contributed by atoms with Crippen molar-refractivity contribution in [1.82, 2.24) is 20.9 Å². The first-order valence-corrected chi connectivity index (χ1v) is 14.9. The molecular weight excluding hydrogens is 572 g/mol. The number of allylic oxidation sites excluding steroid dienone is 2. The Labute approximate surface area is 257 Å². The second kappa shape index (κ2) is 11.1. The van der Waals surface area contributed by atoms with E-state index in [1.807, 2.05) is 39.0 Å². The Balaban J connectivity index is 1.69. The topological polar surface area (TPSA) is 134 Å². The van der Waals surface area contributed by atoms with Crippen LogP contribution in [0.5, 0.6) is 5.75 Å². The van der Waals surface area contributed by atoms with E-state index in [9.17, 15) is 24.0 Å². The van der Waals surface area contributed by atoms with Crippen LogP contribution in [-0.2, 0) is 19.2 Å². The first-order chi connectivity index (χ1) is 19.9. The van der Waals surface area contributed by atoms with Gasteiger partial charge in [0, 0.05) is 17.5 Å². The Bertz CT molecular complexity index is 1460. The molecule has 2 fully saturated rings. The molecule has 232 valence electrons. The van der Waals surface area contributed by atoms with Crippen molar-refractivity contribution in [1.29, 1.82) is 0 Å². The molecule has 4 rings (SSSR count). The number of urea groups is 1. The van der Waals surface area contributed by atoms with Gasteiger partial charge in [0.25, 0.3) is 17.7 Å². The Morgan fingerprint density at radius 2 is 1.81 bits per heavy atom. The van der Waals surface area contributed by atoms with Crippen LogP contribution in [0.15, 0.2) is 41.1 Å². The van der Waals surface area contributed by atoms with E-state index in [0.29, 0.717) is 23.5 Å². The van der Waals surface area contributed by atoms with Crippen LogP contribution in [0.1, 0.15) is 78.4 Å². The fourth-order valence-corrected chi connectivity index (χ4v) is 5.97. The van der Waals surface area contributed by atoms with Gasteiger partial charge >= 0.3 is 6.03 Å². The van der Waals surface area contributed by atoms with Gasteiger partial charge in [-0.1, -0.05) is 69.5 Å². The van der Waals surface area contributed by atoms with Gasteiger partial charge in [-0.3, -0.25) is 19.2 Å². The summed E-state index contributed by atoms with van der Waals surface area (Å²) in [6, 6.07) is 3.17. The molecule has 3 N–H and O–H groups in total. The predicted octanol–water partition coefficient (Wildman–Crippen LogP) is 4.32. The number of hydrogen-bond donors (Lipinski definition) is 3.